The molecule has 1 aliphatic rings. The first-order valence-corrected chi connectivity index (χ1v) is 8.33. The van der Waals surface area contributed by atoms with Crippen molar-refractivity contribution in [2.24, 2.45) is 12.0 Å². The second-order valence-corrected chi connectivity index (χ2v) is 6.94. The number of aryl methyl sites for hydroxylation is 2. The molecule has 6 nitrogen and oxygen atoms in total. The first-order valence-electron chi connectivity index (χ1n) is 7.51. The summed E-state index contributed by atoms with van der Waals surface area (Å²) >= 11 is 1.72. The van der Waals surface area contributed by atoms with E-state index in [1.165, 1.54) is 10.4 Å². The Labute approximate surface area is 158 Å². The summed E-state index contributed by atoms with van der Waals surface area (Å²) in [5, 5.41) is 8.82. The number of nitrogens with one attached hydrogen (secondary N) is 1. The Morgan fingerprint density at radius 2 is 2.30 bits per heavy atom. The van der Waals surface area contributed by atoms with Gasteiger partial charge in [0.1, 0.15) is 0 Å². The first kappa shape index (κ1) is 18.2. The number of rotatable bonds is 3. The van der Waals surface area contributed by atoms with Gasteiger partial charge in [-0.2, -0.15) is 5.10 Å². The minimum Gasteiger partial charge on any atom is -0.351 e. The first-order chi connectivity index (χ1) is 10.7. The zero-order valence-electron chi connectivity index (χ0n) is 13.7. The highest BCUT2D eigenvalue weighted by Gasteiger charge is 2.26. The fourth-order valence-corrected chi connectivity index (χ4v) is 3.60. The molecule has 1 fully saturated rings. The molecule has 0 amide bonds. The number of nitrogens with zero attached hydrogens (tertiary/aromatic N) is 5. The summed E-state index contributed by atoms with van der Waals surface area (Å²) in [5.41, 5.74) is 1.32. The number of guanidine groups is 1. The summed E-state index contributed by atoms with van der Waals surface area (Å²) in [5.74, 6) is 1.51. The van der Waals surface area contributed by atoms with Crippen LogP contribution < -0.4 is 5.32 Å². The molecule has 0 saturated carbocycles. The van der Waals surface area contributed by atoms with Gasteiger partial charge in [0, 0.05) is 50.4 Å². The minimum absolute atomic E-state index is 0. The molecule has 23 heavy (non-hydrogen) atoms. The highest BCUT2D eigenvalue weighted by atomic mass is 127. The Hall–Kier alpha value is -1.16. The lowest BCUT2D eigenvalue weighted by molar-refractivity contribution is 0.486. The fraction of sp³-hybridized carbons (Fsp3) is 0.533. The maximum absolute atomic E-state index is 4.42. The summed E-state index contributed by atoms with van der Waals surface area (Å²) in [6, 6.07) is 0. The molecule has 0 radical (unpaired) electrons. The molecule has 1 atom stereocenters. The highest BCUT2D eigenvalue weighted by molar-refractivity contribution is 14.0. The van der Waals surface area contributed by atoms with Crippen molar-refractivity contribution in [2.75, 3.05) is 20.1 Å². The second-order valence-electron chi connectivity index (χ2n) is 5.63. The molecule has 1 aliphatic heterocycles. The summed E-state index contributed by atoms with van der Waals surface area (Å²) in [7, 11) is 3.81. The van der Waals surface area contributed by atoms with E-state index in [0.29, 0.717) is 5.92 Å². The number of aliphatic imine (C=N–C) groups is 1. The van der Waals surface area contributed by atoms with Gasteiger partial charge in [-0.3, -0.25) is 9.67 Å². The maximum Gasteiger partial charge on any atom is 0.193 e. The zero-order valence-corrected chi connectivity index (χ0v) is 16.8. The molecular formula is C15H23IN6S. The van der Waals surface area contributed by atoms with E-state index in [2.05, 4.69) is 31.5 Å². The van der Waals surface area contributed by atoms with Gasteiger partial charge in [-0.05, 0) is 18.9 Å². The maximum atomic E-state index is 4.42. The fourth-order valence-electron chi connectivity index (χ4n) is 2.86. The van der Waals surface area contributed by atoms with Gasteiger partial charge in [0.05, 0.1) is 17.7 Å². The second kappa shape index (κ2) is 8.09. The lowest BCUT2D eigenvalue weighted by atomic mass is 10.0. The van der Waals surface area contributed by atoms with E-state index in [4.69, 9.17) is 0 Å². The third kappa shape index (κ3) is 4.43. The third-order valence-corrected chi connectivity index (χ3v) is 4.90. The molecule has 3 heterocycles. The zero-order chi connectivity index (χ0) is 15.5. The molecule has 1 N–H and O–H groups in total. The van der Waals surface area contributed by atoms with Crippen LogP contribution in [0.4, 0.5) is 0 Å². The Bertz CT molecular complexity index is 664. The van der Waals surface area contributed by atoms with E-state index in [1.807, 2.05) is 38.1 Å². The summed E-state index contributed by atoms with van der Waals surface area (Å²) in [6.45, 7) is 4.84. The van der Waals surface area contributed by atoms with Gasteiger partial charge in [0.25, 0.3) is 0 Å². The van der Waals surface area contributed by atoms with Crippen LogP contribution in [0.1, 0.15) is 27.8 Å². The number of hydrogen-bond acceptors (Lipinski definition) is 4. The number of likely N-dealkylation sites (tertiary alicyclic amines) is 1. The molecule has 1 unspecified atom stereocenters. The quantitative estimate of drug-likeness (QED) is 0.447. The van der Waals surface area contributed by atoms with E-state index < -0.39 is 0 Å². The van der Waals surface area contributed by atoms with Crippen molar-refractivity contribution in [2.45, 2.75) is 25.8 Å². The highest BCUT2D eigenvalue weighted by Crippen LogP contribution is 2.26. The van der Waals surface area contributed by atoms with E-state index in [-0.39, 0.29) is 24.0 Å². The van der Waals surface area contributed by atoms with Crippen molar-refractivity contribution < 1.29 is 0 Å². The molecule has 0 aliphatic carbocycles. The molecule has 0 spiro atoms. The van der Waals surface area contributed by atoms with Crippen LogP contribution in [0.25, 0.3) is 0 Å². The van der Waals surface area contributed by atoms with E-state index in [9.17, 15) is 0 Å². The molecule has 8 heteroatoms. The Morgan fingerprint density at radius 1 is 1.48 bits per heavy atom. The predicted molar refractivity (Wildman–Crippen MR) is 105 cm³/mol. The molecule has 0 bridgehead atoms. The van der Waals surface area contributed by atoms with E-state index in [1.54, 1.807) is 11.3 Å². The van der Waals surface area contributed by atoms with Crippen LogP contribution in [-0.4, -0.2) is 45.8 Å². The van der Waals surface area contributed by atoms with Crippen LogP contribution in [0, 0.1) is 6.92 Å². The number of thiazole rings is 1. The van der Waals surface area contributed by atoms with Gasteiger partial charge in [0.2, 0.25) is 0 Å². The van der Waals surface area contributed by atoms with Gasteiger partial charge < -0.3 is 10.2 Å². The van der Waals surface area contributed by atoms with Crippen LogP contribution in [0.15, 0.2) is 23.6 Å². The average molecular weight is 446 g/mol. The molecular weight excluding hydrogens is 423 g/mol. The van der Waals surface area contributed by atoms with Crippen molar-refractivity contribution in [1.82, 2.24) is 25.0 Å². The monoisotopic (exact) mass is 446 g/mol. The molecule has 1 saturated heterocycles. The van der Waals surface area contributed by atoms with Crippen molar-refractivity contribution in [3.05, 3.63) is 34.0 Å². The SMILES string of the molecule is CN=C(NCc1cnc(C)s1)N1CCC(c2cnn(C)c2)C1.I. The summed E-state index contributed by atoms with van der Waals surface area (Å²) < 4.78 is 1.87. The molecule has 3 rings (SSSR count). The summed E-state index contributed by atoms with van der Waals surface area (Å²) in [4.78, 5) is 12.3. The van der Waals surface area contributed by atoms with Crippen LogP contribution in [0.3, 0.4) is 0 Å². The number of hydrogen-bond donors (Lipinski definition) is 1. The van der Waals surface area contributed by atoms with Crippen molar-refractivity contribution in [3.63, 3.8) is 0 Å². The van der Waals surface area contributed by atoms with Crippen LogP contribution in [-0.2, 0) is 13.6 Å². The average Bonchev–Trinajstić information content (AvgIpc) is 3.21. The predicted octanol–water partition coefficient (Wildman–Crippen LogP) is 2.37. The van der Waals surface area contributed by atoms with Crippen LogP contribution in [0.2, 0.25) is 0 Å². The van der Waals surface area contributed by atoms with Gasteiger partial charge in [0.15, 0.2) is 5.96 Å². The number of halogens is 1. The van der Waals surface area contributed by atoms with Gasteiger partial charge in [-0.1, -0.05) is 0 Å². The lowest BCUT2D eigenvalue weighted by Gasteiger charge is -2.21. The molecule has 0 aromatic carbocycles. The third-order valence-electron chi connectivity index (χ3n) is 3.99. The minimum atomic E-state index is 0. The van der Waals surface area contributed by atoms with Crippen molar-refractivity contribution in [1.29, 1.82) is 0 Å². The Balaban J connectivity index is 0.00000192. The molecule has 2 aromatic heterocycles. The van der Waals surface area contributed by atoms with Gasteiger partial charge in [-0.15, -0.1) is 35.3 Å². The Kier molecular flexibility index (Phi) is 6.40. The number of aromatic nitrogens is 3. The van der Waals surface area contributed by atoms with Crippen LogP contribution in [0.5, 0.6) is 0 Å². The smallest absolute Gasteiger partial charge is 0.193 e. The van der Waals surface area contributed by atoms with E-state index in [0.717, 1.165) is 37.0 Å². The topological polar surface area (TPSA) is 58.3 Å². The molecule has 2 aromatic rings. The van der Waals surface area contributed by atoms with Crippen molar-refractivity contribution in [3.8, 4) is 0 Å². The van der Waals surface area contributed by atoms with Crippen LogP contribution >= 0.6 is 35.3 Å². The summed E-state index contributed by atoms with van der Waals surface area (Å²) in [6.07, 6.45) is 7.17. The largest absolute Gasteiger partial charge is 0.351 e. The lowest BCUT2D eigenvalue weighted by Crippen LogP contribution is -2.39. The van der Waals surface area contributed by atoms with Gasteiger partial charge in [-0.25, -0.2) is 4.98 Å². The van der Waals surface area contributed by atoms with Gasteiger partial charge >= 0.3 is 0 Å². The molecule has 126 valence electrons. The standard InChI is InChI=1S/C15H22N6S.HI/c1-11-17-7-14(22-11)8-18-15(16-2)21-5-4-12(10-21)13-6-19-20(3)9-13;/h6-7,9,12H,4-5,8,10H2,1-3H3,(H,16,18);1H. The van der Waals surface area contributed by atoms with E-state index >= 15 is 0 Å². The normalized spacial score (nSPS) is 18.1. The Morgan fingerprint density at radius 3 is 2.91 bits per heavy atom. The van der Waals surface area contributed by atoms with Crippen molar-refractivity contribution >= 4 is 41.3 Å².